The van der Waals surface area contributed by atoms with E-state index in [1.54, 1.807) is 35.6 Å². The predicted octanol–water partition coefficient (Wildman–Crippen LogP) is 2.16. The number of nitrogens with one attached hydrogen (secondary N) is 1. The van der Waals surface area contributed by atoms with Crippen molar-refractivity contribution in [1.29, 1.82) is 0 Å². The molecule has 1 heterocycles. The second-order valence-corrected chi connectivity index (χ2v) is 7.64. The molecular weight excluding hydrogens is 364 g/mol. The Labute approximate surface area is 161 Å². The number of hydrogen-bond donors (Lipinski definition) is 1. The van der Waals surface area contributed by atoms with Gasteiger partial charge in [0.2, 0.25) is 0 Å². The molecule has 0 radical (unpaired) electrons. The lowest BCUT2D eigenvalue weighted by Crippen LogP contribution is -2.28. The second kappa shape index (κ2) is 8.81. The second-order valence-electron chi connectivity index (χ2n) is 6.50. The van der Waals surface area contributed by atoms with Gasteiger partial charge in [0.05, 0.1) is 17.1 Å². The van der Waals surface area contributed by atoms with E-state index in [9.17, 15) is 14.7 Å². The molecule has 0 saturated heterocycles. The molecule has 1 atom stereocenters. The molecule has 0 aliphatic heterocycles. The van der Waals surface area contributed by atoms with Gasteiger partial charge >= 0.3 is 0 Å². The van der Waals surface area contributed by atoms with Crippen LogP contribution in [0.2, 0.25) is 0 Å². The minimum atomic E-state index is -1.27. The van der Waals surface area contributed by atoms with E-state index in [0.29, 0.717) is 10.6 Å². The van der Waals surface area contributed by atoms with Crippen LogP contribution in [0.5, 0.6) is 5.75 Å². The van der Waals surface area contributed by atoms with Crippen molar-refractivity contribution in [2.75, 3.05) is 6.61 Å². The summed E-state index contributed by atoms with van der Waals surface area (Å²) in [4.78, 5) is 24.7. The number of carbonyl (C=O) groups excluding carboxylic acids is 2. The summed E-state index contributed by atoms with van der Waals surface area (Å²) in [5.41, 5.74) is 4.62. The van der Waals surface area contributed by atoms with E-state index in [4.69, 9.17) is 4.74 Å². The van der Waals surface area contributed by atoms with Gasteiger partial charge in [-0.15, -0.1) is 11.3 Å². The Bertz CT molecular complexity index is 842. The molecular formula is C20H21N2O4S-. The third kappa shape index (κ3) is 5.17. The van der Waals surface area contributed by atoms with Gasteiger partial charge in [0.1, 0.15) is 12.4 Å². The average molecular weight is 385 g/mol. The Morgan fingerprint density at radius 3 is 2.85 bits per heavy atom. The van der Waals surface area contributed by atoms with Crippen molar-refractivity contribution in [2.45, 2.75) is 32.6 Å². The van der Waals surface area contributed by atoms with E-state index in [2.05, 4.69) is 17.5 Å². The molecule has 3 rings (SSSR count). The van der Waals surface area contributed by atoms with Crippen molar-refractivity contribution in [3.05, 3.63) is 51.2 Å². The van der Waals surface area contributed by atoms with Gasteiger partial charge in [-0.05, 0) is 66.6 Å². The number of carboxylic acids is 1. The lowest BCUT2D eigenvalue weighted by atomic mass is 9.87. The van der Waals surface area contributed by atoms with Gasteiger partial charge < -0.3 is 14.6 Å². The fourth-order valence-electron chi connectivity index (χ4n) is 3.07. The summed E-state index contributed by atoms with van der Waals surface area (Å²) in [6.07, 6.45) is 6.03. The number of carboxylic acid groups (broad SMARTS) is 1. The summed E-state index contributed by atoms with van der Waals surface area (Å²) >= 11 is 1.56. The number of thiophene rings is 1. The van der Waals surface area contributed by atoms with E-state index >= 15 is 0 Å². The summed E-state index contributed by atoms with van der Waals surface area (Å²) in [5, 5.41) is 14.4. The van der Waals surface area contributed by atoms with Crippen molar-refractivity contribution in [3.8, 4) is 5.75 Å². The number of aliphatic carboxylic acids is 1. The highest BCUT2D eigenvalue weighted by atomic mass is 32.1. The highest BCUT2D eigenvalue weighted by Crippen LogP contribution is 2.33. The number of benzene rings is 1. The number of carbonyl (C=O) groups is 2. The van der Waals surface area contributed by atoms with Crippen LogP contribution in [0.4, 0.5) is 0 Å². The zero-order chi connectivity index (χ0) is 19.2. The van der Waals surface area contributed by atoms with Crippen LogP contribution in [0.25, 0.3) is 0 Å². The molecule has 142 valence electrons. The predicted molar refractivity (Wildman–Crippen MR) is 102 cm³/mol. The zero-order valence-corrected chi connectivity index (χ0v) is 15.9. The lowest BCUT2D eigenvalue weighted by Gasteiger charge is -2.19. The number of amides is 1. The molecule has 27 heavy (non-hydrogen) atoms. The summed E-state index contributed by atoms with van der Waals surface area (Å²) < 4.78 is 5.00. The maximum Gasteiger partial charge on any atom is 0.281 e. The fourth-order valence-corrected chi connectivity index (χ4v) is 4.17. The van der Waals surface area contributed by atoms with E-state index in [-0.39, 0.29) is 5.91 Å². The lowest BCUT2D eigenvalue weighted by molar-refractivity contribution is -0.307. The largest absolute Gasteiger partial charge is 0.546 e. The van der Waals surface area contributed by atoms with Crippen LogP contribution in [0.15, 0.2) is 35.4 Å². The molecule has 0 spiro atoms. The summed E-state index contributed by atoms with van der Waals surface area (Å²) in [6.45, 7) is 1.72. The number of nitrogens with zero attached hydrogens (tertiary/aromatic N) is 1. The van der Waals surface area contributed by atoms with E-state index < -0.39 is 12.6 Å². The Balaban J connectivity index is 1.54. The minimum Gasteiger partial charge on any atom is -0.546 e. The van der Waals surface area contributed by atoms with Gasteiger partial charge in [0.15, 0.2) is 0 Å². The topological polar surface area (TPSA) is 90.8 Å². The first kappa shape index (κ1) is 19.1. The van der Waals surface area contributed by atoms with Crippen molar-refractivity contribution in [3.63, 3.8) is 0 Å². The third-order valence-electron chi connectivity index (χ3n) is 4.60. The van der Waals surface area contributed by atoms with Crippen LogP contribution in [-0.2, 0) is 17.6 Å². The standard InChI is InChI=1S/C20H22N2O4S/c1-2-13-5-8-17-15(9-13)10-18(27-17)20(25)22-21-11-14-3-6-16(7-4-14)26-12-19(23)24/h3-4,6-7,10-11,13H,2,5,8-9,12H2,1H3,(H,22,25)(H,23,24)/p-1/b21-11-/t13-/m1/s1. The summed E-state index contributed by atoms with van der Waals surface area (Å²) in [7, 11) is 0. The Morgan fingerprint density at radius 1 is 1.37 bits per heavy atom. The highest BCUT2D eigenvalue weighted by molar-refractivity contribution is 7.14. The number of hydrazone groups is 1. The normalized spacial score (nSPS) is 16.1. The van der Waals surface area contributed by atoms with Gasteiger partial charge in [-0.3, -0.25) is 4.79 Å². The van der Waals surface area contributed by atoms with E-state index in [0.717, 1.165) is 24.3 Å². The van der Waals surface area contributed by atoms with Gasteiger partial charge in [0, 0.05) is 4.88 Å². The monoisotopic (exact) mass is 385 g/mol. The minimum absolute atomic E-state index is 0.201. The van der Waals surface area contributed by atoms with Gasteiger partial charge in [-0.1, -0.05) is 13.3 Å². The Morgan fingerprint density at radius 2 is 2.15 bits per heavy atom. The van der Waals surface area contributed by atoms with Crippen molar-refractivity contribution < 1.29 is 19.4 Å². The molecule has 2 aromatic rings. The molecule has 7 heteroatoms. The number of ether oxygens (including phenoxy) is 1. The van der Waals surface area contributed by atoms with Crippen LogP contribution >= 0.6 is 11.3 Å². The van der Waals surface area contributed by atoms with Crippen LogP contribution in [0.3, 0.4) is 0 Å². The molecule has 0 fully saturated rings. The van der Waals surface area contributed by atoms with Gasteiger partial charge in [0.25, 0.3) is 5.91 Å². The van der Waals surface area contributed by atoms with Crippen LogP contribution in [0, 0.1) is 5.92 Å². The molecule has 1 aliphatic rings. The molecule has 1 amide bonds. The maximum atomic E-state index is 12.3. The van der Waals surface area contributed by atoms with Gasteiger partial charge in [-0.2, -0.15) is 5.10 Å². The van der Waals surface area contributed by atoms with Gasteiger partial charge in [-0.25, -0.2) is 5.43 Å². The zero-order valence-electron chi connectivity index (χ0n) is 15.1. The molecule has 1 aliphatic carbocycles. The number of rotatable bonds is 7. The molecule has 1 aromatic carbocycles. The maximum absolute atomic E-state index is 12.3. The quantitative estimate of drug-likeness (QED) is 0.584. The number of hydrogen-bond acceptors (Lipinski definition) is 6. The molecule has 1 aromatic heterocycles. The van der Waals surface area contributed by atoms with Crippen molar-refractivity contribution >= 4 is 29.4 Å². The first-order chi connectivity index (χ1) is 13.0. The Hall–Kier alpha value is -2.67. The molecule has 0 unspecified atom stereocenters. The van der Waals surface area contributed by atoms with E-state index in [1.807, 2.05) is 6.07 Å². The Kier molecular flexibility index (Phi) is 6.24. The SMILES string of the molecule is CC[C@@H]1CCc2sc(C(=O)N/N=C\c3ccc(OCC(=O)[O-])cc3)cc2C1. The van der Waals surface area contributed by atoms with Crippen LogP contribution in [0.1, 0.15) is 45.4 Å². The summed E-state index contributed by atoms with van der Waals surface area (Å²) in [5.74, 6) is -0.328. The highest BCUT2D eigenvalue weighted by Gasteiger charge is 2.21. The summed E-state index contributed by atoms with van der Waals surface area (Å²) in [6, 6.07) is 8.69. The number of fused-ring (bicyclic) bond motifs is 1. The average Bonchev–Trinajstić information content (AvgIpc) is 3.10. The molecule has 6 nitrogen and oxygen atoms in total. The molecule has 1 N–H and O–H groups in total. The third-order valence-corrected chi connectivity index (χ3v) is 5.84. The number of aryl methyl sites for hydroxylation is 1. The molecule has 0 bridgehead atoms. The first-order valence-electron chi connectivity index (χ1n) is 8.93. The van der Waals surface area contributed by atoms with E-state index in [1.165, 1.54) is 29.5 Å². The smallest absolute Gasteiger partial charge is 0.281 e. The van der Waals surface area contributed by atoms with Crippen LogP contribution < -0.4 is 15.3 Å². The van der Waals surface area contributed by atoms with Crippen LogP contribution in [-0.4, -0.2) is 24.7 Å². The first-order valence-corrected chi connectivity index (χ1v) is 9.74. The van der Waals surface area contributed by atoms with Crippen molar-refractivity contribution in [1.82, 2.24) is 5.43 Å². The molecule has 0 saturated carbocycles. The fraction of sp³-hybridized carbons (Fsp3) is 0.350. The van der Waals surface area contributed by atoms with Crippen molar-refractivity contribution in [2.24, 2.45) is 11.0 Å².